The molecule has 3 heterocycles. The summed E-state index contributed by atoms with van der Waals surface area (Å²) in [5, 5.41) is 0. The molecule has 1 saturated heterocycles. The van der Waals surface area contributed by atoms with Gasteiger partial charge < -0.3 is 19.9 Å². The molecule has 4 rings (SSSR count). The Bertz CT molecular complexity index is 907. The molecule has 1 atom stereocenters. The van der Waals surface area contributed by atoms with Gasteiger partial charge in [-0.05, 0) is 43.7 Å². The summed E-state index contributed by atoms with van der Waals surface area (Å²) in [5.74, 6) is 0.812. The normalized spacial score (nSPS) is 18.8. The Hall–Kier alpha value is -2.90. The number of primary amides is 1. The number of likely N-dealkylation sites (tertiary alicyclic amines) is 1. The first-order chi connectivity index (χ1) is 13.6. The number of nitrogens with zero attached hydrogens (tertiary/aromatic N) is 4. The van der Waals surface area contributed by atoms with E-state index in [0.29, 0.717) is 24.5 Å². The highest BCUT2D eigenvalue weighted by Gasteiger charge is 2.30. The van der Waals surface area contributed by atoms with Crippen LogP contribution < -0.4 is 10.5 Å². The maximum Gasteiger partial charge on any atom is 0.259 e. The van der Waals surface area contributed by atoms with Crippen LogP contribution in [0.1, 0.15) is 52.6 Å². The fourth-order valence-corrected chi connectivity index (χ4v) is 4.29. The van der Waals surface area contributed by atoms with Gasteiger partial charge in [0, 0.05) is 37.1 Å². The molecule has 2 aromatic heterocycles. The molecule has 2 aromatic rings. The number of aryl methyl sites for hydroxylation is 2. The topological polar surface area (TPSA) is 103 Å². The molecule has 0 unspecified atom stereocenters. The zero-order chi connectivity index (χ0) is 19.7. The number of methoxy groups -OCH3 is 1. The van der Waals surface area contributed by atoms with E-state index in [1.807, 2.05) is 11.0 Å². The van der Waals surface area contributed by atoms with Gasteiger partial charge in [0.1, 0.15) is 17.9 Å². The van der Waals surface area contributed by atoms with Crippen LogP contribution in [0.15, 0.2) is 18.5 Å². The Morgan fingerprint density at radius 3 is 2.96 bits per heavy atom. The fourth-order valence-electron chi connectivity index (χ4n) is 4.29. The van der Waals surface area contributed by atoms with E-state index in [2.05, 4.69) is 9.97 Å². The predicted molar refractivity (Wildman–Crippen MR) is 102 cm³/mol. The molecule has 0 spiro atoms. The molecule has 8 nitrogen and oxygen atoms in total. The number of carbonyl (C=O) groups excluding carboxylic acids is 2. The summed E-state index contributed by atoms with van der Waals surface area (Å²) in [4.78, 5) is 35.4. The number of hydrogen-bond acceptors (Lipinski definition) is 5. The van der Waals surface area contributed by atoms with Gasteiger partial charge >= 0.3 is 0 Å². The summed E-state index contributed by atoms with van der Waals surface area (Å²) in [6.45, 7) is 1.34. The van der Waals surface area contributed by atoms with Crippen molar-refractivity contribution < 1.29 is 14.3 Å². The van der Waals surface area contributed by atoms with Gasteiger partial charge in [-0.15, -0.1) is 0 Å². The molecule has 0 aromatic carbocycles. The lowest BCUT2D eigenvalue weighted by molar-refractivity contribution is -0.118. The van der Waals surface area contributed by atoms with Gasteiger partial charge in [0.05, 0.1) is 7.11 Å². The van der Waals surface area contributed by atoms with Crippen LogP contribution in [0.25, 0.3) is 0 Å². The monoisotopic (exact) mass is 383 g/mol. The zero-order valence-electron chi connectivity index (χ0n) is 16.1. The Balaban J connectivity index is 1.56. The average Bonchev–Trinajstić information content (AvgIpc) is 3.34. The minimum Gasteiger partial charge on any atom is -0.480 e. The first-order valence-corrected chi connectivity index (χ1v) is 9.72. The van der Waals surface area contributed by atoms with Gasteiger partial charge in [-0.3, -0.25) is 9.59 Å². The van der Waals surface area contributed by atoms with Gasteiger partial charge in [-0.1, -0.05) is 0 Å². The third-order valence-corrected chi connectivity index (χ3v) is 5.59. The number of rotatable bonds is 5. The summed E-state index contributed by atoms with van der Waals surface area (Å²) < 4.78 is 7.19. The lowest BCUT2D eigenvalue weighted by atomic mass is 9.96. The van der Waals surface area contributed by atoms with Crippen LogP contribution >= 0.6 is 0 Å². The quantitative estimate of drug-likeness (QED) is 0.838. The zero-order valence-corrected chi connectivity index (χ0v) is 16.1. The molecule has 1 aliphatic carbocycles. The van der Waals surface area contributed by atoms with Crippen LogP contribution in [-0.4, -0.2) is 51.4 Å². The number of amides is 2. The van der Waals surface area contributed by atoms with Gasteiger partial charge in [0.2, 0.25) is 11.8 Å². The summed E-state index contributed by atoms with van der Waals surface area (Å²) in [7, 11) is 1.56. The number of pyridine rings is 1. The molecular formula is C20H25N5O3. The average molecular weight is 383 g/mol. The second-order valence-corrected chi connectivity index (χ2v) is 7.47. The lowest BCUT2D eigenvalue weighted by Gasteiger charge is -2.33. The highest BCUT2D eigenvalue weighted by molar-refractivity contribution is 5.96. The van der Waals surface area contributed by atoms with Crippen LogP contribution in [-0.2, 0) is 24.2 Å². The van der Waals surface area contributed by atoms with Gasteiger partial charge in [0.15, 0.2) is 0 Å². The number of fused-ring (bicyclic) bond motifs is 1. The van der Waals surface area contributed by atoms with Crippen molar-refractivity contribution in [1.82, 2.24) is 19.4 Å². The summed E-state index contributed by atoms with van der Waals surface area (Å²) in [5.41, 5.74) is 8.06. The van der Waals surface area contributed by atoms with Crippen LogP contribution in [0.3, 0.4) is 0 Å². The number of hydrogen-bond donors (Lipinski definition) is 1. The molecule has 2 amide bonds. The molecule has 1 aliphatic heterocycles. The first kappa shape index (κ1) is 18.5. The minimum absolute atomic E-state index is 0.0586. The smallest absolute Gasteiger partial charge is 0.259 e. The second kappa shape index (κ2) is 7.61. The highest BCUT2D eigenvalue weighted by atomic mass is 16.5. The van der Waals surface area contributed by atoms with Crippen molar-refractivity contribution >= 4 is 11.8 Å². The van der Waals surface area contributed by atoms with Crippen molar-refractivity contribution in [3.63, 3.8) is 0 Å². The second-order valence-electron chi connectivity index (χ2n) is 7.47. The molecule has 2 N–H and O–H groups in total. The van der Waals surface area contributed by atoms with Crippen molar-refractivity contribution in [3.8, 4) is 5.88 Å². The van der Waals surface area contributed by atoms with Crippen molar-refractivity contribution in [2.75, 3.05) is 20.2 Å². The molecular weight excluding hydrogens is 358 g/mol. The van der Waals surface area contributed by atoms with Gasteiger partial charge in [-0.2, -0.15) is 0 Å². The molecule has 8 heteroatoms. The Morgan fingerprint density at radius 2 is 2.18 bits per heavy atom. The first-order valence-electron chi connectivity index (χ1n) is 9.72. The number of piperidine rings is 1. The lowest BCUT2D eigenvalue weighted by Crippen LogP contribution is -2.40. The molecule has 148 valence electrons. The summed E-state index contributed by atoms with van der Waals surface area (Å²) in [6.07, 6.45) is 8.19. The van der Waals surface area contributed by atoms with E-state index in [1.54, 1.807) is 24.1 Å². The van der Waals surface area contributed by atoms with E-state index in [-0.39, 0.29) is 18.4 Å². The van der Waals surface area contributed by atoms with E-state index < -0.39 is 5.91 Å². The Kier molecular flexibility index (Phi) is 5.02. The van der Waals surface area contributed by atoms with E-state index in [0.717, 1.165) is 49.2 Å². The maximum absolute atomic E-state index is 13.3. The van der Waals surface area contributed by atoms with Gasteiger partial charge in [-0.25, -0.2) is 9.97 Å². The molecule has 0 bridgehead atoms. The predicted octanol–water partition coefficient (Wildman–Crippen LogP) is 1.28. The molecule has 0 saturated carbocycles. The van der Waals surface area contributed by atoms with E-state index in [1.165, 1.54) is 0 Å². The number of ether oxygens (including phenoxy) is 1. The van der Waals surface area contributed by atoms with E-state index in [9.17, 15) is 9.59 Å². The molecule has 2 aliphatic rings. The molecule has 28 heavy (non-hydrogen) atoms. The number of aromatic nitrogens is 3. The van der Waals surface area contributed by atoms with E-state index in [4.69, 9.17) is 10.5 Å². The Morgan fingerprint density at radius 1 is 1.32 bits per heavy atom. The standard InChI is InChI=1S/C20H25N5O3/c1-28-19-15(10-13-4-2-6-16(13)23-19)20(27)25-8-3-5-14(11-25)18-22-7-9-24(18)12-17(21)26/h7,9-10,14H,2-6,8,11-12H2,1H3,(H2,21,26)/t14-/m1/s1. The largest absolute Gasteiger partial charge is 0.480 e. The van der Waals surface area contributed by atoms with Crippen molar-refractivity contribution in [3.05, 3.63) is 41.1 Å². The molecule has 0 radical (unpaired) electrons. The van der Waals surface area contributed by atoms with Crippen molar-refractivity contribution in [2.45, 2.75) is 44.6 Å². The highest BCUT2D eigenvalue weighted by Crippen LogP contribution is 2.30. The maximum atomic E-state index is 13.3. The number of nitrogens with two attached hydrogens (primary N) is 1. The van der Waals surface area contributed by atoms with Crippen LogP contribution in [0, 0.1) is 0 Å². The SMILES string of the molecule is COc1nc2c(cc1C(=O)N1CCC[C@@H](c3nccn3CC(N)=O)C1)CCC2. The van der Waals surface area contributed by atoms with Crippen molar-refractivity contribution in [1.29, 1.82) is 0 Å². The summed E-state index contributed by atoms with van der Waals surface area (Å²) >= 11 is 0. The number of carbonyl (C=O) groups is 2. The van der Waals surface area contributed by atoms with Gasteiger partial charge in [0.25, 0.3) is 5.91 Å². The van der Waals surface area contributed by atoms with Crippen LogP contribution in [0.5, 0.6) is 5.88 Å². The third kappa shape index (κ3) is 3.46. The van der Waals surface area contributed by atoms with Crippen LogP contribution in [0.2, 0.25) is 0 Å². The molecule has 1 fully saturated rings. The minimum atomic E-state index is -0.406. The van der Waals surface area contributed by atoms with Crippen molar-refractivity contribution in [2.24, 2.45) is 5.73 Å². The fraction of sp³-hybridized carbons (Fsp3) is 0.500. The van der Waals surface area contributed by atoms with Crippen LogP contribution in [0.4, 0.5) is 0 Å². The number of imidazole rings is 1. The Labute approximate surface area is 163 Å². The summed E-state index contributed by atoms with van der Waals surface area (Å²) in [6, 6.07) is 1.95. The van der Waals surface area contributed by atoms with E-state index >= 15 is 0 Å². The third-order valence-electron chi connectivity index (χ3n) is 5.59.